The molecule has 1 N–H and O–H groups in total. The molecule has 6 heteroatoms. The summed E-state index contributed by atoms with van der Waals surface area (Å²) in [7, 11) is 4.59. The Labute approximate surface area is 114 Å². The van der Waals surface area contributed by atoms with Gasteiger partial charge in [-0.25, -0.2) is 0 Å². The molecule has 0 bridgehead atoms. The molecule has 1 aromatic rings. The molecule has 0 unspecified atom stereocenters. The van der Waals surface area contributed by atoms with Gasteiger partial charge in [-0.3, -0.25) is 4.79 Å². The molecule has 0 heterocycles. The number of hydrogen-bond donors (Lipinski definition) is 1. The van der Waals surface area contributed by atoms with Crippen molar-refractivity contribution >= 4 is 21.9 Å². The van der Waals surface area contributed by atoms with E-state index in [0.717, 1.165) is 5.56 Å². The van der Waals surface area contributed by atoms with E-state index in [4.69, 9.17) is 19.3 Å². The van der Waals surface area contributed by atoms with Crippen molar-refractivity contribution in [3.05, 3.63) is 21.7 Å². The fourth-order valence-electron chi connectivity index (χ4n) is 1.67. The van der Waals surface area contributed by atoms with Gasteiger partial charge >= 0.3 is 5.97 Å². The average Bonchev–Trinajstić information content (AvgIpc) is 2.33. The van der Waals surface area contributed by atoms with Crippen LogP contribution in [0.2, 0.25) is 0 Å². The molecule has 0 aliphatic heterocycles. The van der Waals surface area contributed by atoms with Gasteiger partial charge < -0.3 is 19.3 Å². The highest BCUT2D eigenvalue weighted by Gasteiger charge is 2.19. The molecule has 18 heavy (non-hydrogen) atoms. The van der Waals surface area contributed by atoms with E-state index in [1.54, 1.807) is 13.2 Å². The lowest BCUT2D eigenvalue weighted by Gasteiger charge is -2.16. The van der Waals surface area contributed by atoms with E-state index in [0.29, 0.717) is 28.1 Å². The molecule has 0 fully saturated rings. The largest absolute Gasteiger partial charge is 0.493 e. The van der Waals surface area contributed by atoms with Crippen LogP contribution in [0.25, 0.3) is 0 Å². The molecule has 5 nitrogen and oxygen atoms in total. The highest BCUT2D eigenvalue weighted by atomic mass is 79.9. The molecule has 0 aliphatic carbocycles. The number of rotatable bonds is 6. The third-order valence-corrected chi connectivity index (χ3v) is 3.39. The SMILES string of the molecule is COCc1c(Br)c(CC(=O)O)cc(OC)c1OC. The second kappa shape index (κ2) is 6.61. The summed E-state index contributed by atoms with van der Waals surface area (Å²) in [5, 5.41) is 8.88. The normalized spacial score (nSPS) is 10.2. The summed E-state index contributed by atoms with van der Waals surface area (Å²) >= 11 is 3.39. The Balaban J connectivity index is 3.38. The van der Waals surface area contributed by atoms with Crippen molar-refractivity contribution in [2.24, 2.45) is 0 Å². The maximum atomic E-state index is 10.8. The van der Waals surface area contributed by atoms with E-state index in [1.165, 1.54) is 14.2 Å². The minimum Gasteiger partial charge on any atom is -0.493 e. The summed E-state index contributed by atoms with van der Waals surface area (Å²) in [6.45, 7) is 0.299. The summed E-state index contributed by atoms with van der Waals surface area (Å²) in [6.07, 6.45) is -0.0996. The summed E-state index contributed by atoms with van der Waals surface area (Å²) in [4.78, 5) is 10.8. The van der Waals surface area contributed by atoms with Crippen molar-refractivity contribution in [1.29, 1.82) is 0 Å². The molecular weight excluding hydrogens is 304 g/mol. The van der Waals surface area contributed by atoms with Gasteiger partial charge in [-0.1, -0.05) is 0 Å². The molecule has 0 atom stereocenters. The molecule has 0 saturated heterocycles. The quantitative estimate of drug-likeness (QED) is 0.871. The van der Waals surface area contributed by atoms with E-state index >= 15 is 0 Å². The lowest BCUT2D eigenvalue weighted by atomic mass is 10.1. The Morgan fingerprint density at radius 2 is 2.00 bits per heavy atom. The third kappa shape index (κ3) is 3.14. The van der Waals surface area contributed by atoms with Crippen molar-refractivity contribution < 1.29 is 24.1 Å². The van der Waals surface area contributed by atoms with Gasteiger partial charge in [0.15, 0.2) is 11.5 Å². The molecule has 100 valence electrons. The van der Waals surface area contributed by atoms with Crippen molar-refractivity contribution in [2.75, 3.05) is 21.3 Å². The van der Waals surface area contributed by atoms with E-state index in [1.807, 2.05) is 0 Å². The predicted molar refractivity (Wildman–Crippen MR) is 69.3 cm³/mol. The smallest absolute Gasteiger partial charge is 0.307 e. The maximum absolute atomic E-state index is 10.8. The number of halogens is 1. The van der Waals surface area contributed by atoms with Crippen LogP contribution in [0.1, 0.15) is 11.1 Å². The van der Waals surface area contributed by atoms with Gasteiger partial charge in [-0.15, -0.1) is 0 Å². The first-order valence-electron chi connectivity index (χ1n) is 5.18. The van der Waals surface area contributed by atoms with Gasteiger partial charge in [0.2, 0.25) is 0 Å². The van der Waals surface area contributed by atoms with E-state index < -0.39 is 5.97 Å². The van der Waals surface area contributed by atoms with Crippen LogP contribution in [0.5, 0.6) is 11.5 Å². The molecule has 1 rings (SSSR count). The number of aliphatic carboxylic acids is 1. The lowest BCUT2D eigenvalue weighted by Crippen LogP contribution is -2.06. The highest BCUT2D eigenvalue weighted by Crippen LogP contribution is 2.39. The Morgan fingerprint density at radius 3 is 2.44 bits per heavy atom. The first kappa shape index (κ1) is 14.8. The average molecular weight is 319 g/mol. The Kier molecular flexibility index (Phi) is 5.43. The van der Waals surface area contributed by atoms with Crippen LogP contribution < -0.4 is 9.47 Å². The third-order valence-electron chi connectivity index (χ3n) is 2.40. The van der Waals surface area contributed by atoms with Crippen LogP contribution in [0, 0.1) is 0 Å². The van der Waals surface area contributed by atoms with Gasteiger partial charge in [-0.05, 0) is 27.6 Å². The van der Waals surface area contributed by atoms with Crippen molar-refractivity contribution in [2.45, 2.75) is 13.0 Å². The van der Waals surface area contributed by atoms with Crippen LogP contribution in [0.3, 0.4) is 0 Å². The molecule has 0 aliphatic rings. The number of ether oxygens (including phenoxy) is 3. The number of hydrogen-bond acceptors (Lipinski definition) is 4. The molecule has 1 aromatic carbocycles. The van der Waals surface area contributed by atoms with Crippen LogP contribution >= 0.6 is 15.9 Å². The monoisotopic (exact) mass is 318 g/mol. The number of carbonyl (C=O) groups is 1. The molecule has 0 amide bonds. The Bertz CT molecular complexity index is 445. The predicted octanol–water partition coefficient (Wildman–Crippen LogP) is 2.24. The number of carboxylic acids is 1. The van der Waals surface area contributed by atoms with Gasteiger partial charge in [0.05, 0.1) is 27.2 Å². The second-order valence-electron chi connectivity index (χ2n) is 3.57. The molecule has 0 spiro atoms. The van der Waals surface area contributed by atoms with Crippen molar-refractivity contribution in [3.8, 4) is 11.5 Å². The lowest BCUT2D eigenvalue weighted by molar-refractivity contribution is -0.136. The zero-order valence-electron chi connectivity index (χ0n) is 10.4. The number of carboxylic acid groups (broad SMARTS) is 1. The van der Waals surface area contributed by atoms with Gasteiger partial charge in [0.25, 0.3) is 0 Å². The fraction of sp³-hybridized carbons (Fsp3) is 0.417. The Morgan fingerprint density at radius 1 is 1.33 bits per heavy atom. The minimum atomic E-state index is -0.911. The van der Waals surface area contributed by atoms with Crippen molar-refractivity contribution in [3.63, 3.8) is 0 Å². The summed E-state index contributed by atoms with van der Waals surface area (Å²) in [5.41, 5.74) is 1.35. The van der Waals surface area contributed by atoms with Crippen LogP contribution in [0.15, 0.2) is 10.5 Å². The van der Waals surface area contributed by atoms with Gasteiger partial charge in [0.1, 0.15) is 0 Å². The van der Waals surface area contributed by atoms with E-state index in [9.17, 15) is 4.79 Å². The number of methoxy groups -OCH3 is 3. The Hall–Kier alpha value is -1.27. The summed E-state index contributed by atoms with van der Waals surface area (Å²) in [6, 6.07) is 1.65. The standard InChI is InChI=1S/C12H15BrO5/c1-16-6-8-11(13)7(5-10(14)15)4-9(17-2)12(8)18-3/h4H,5-6H2,1-3H3,(H,14,15). The van der Waals surface area contributed by atoms with Gasteiger partial charge in [-0.2, -0.15) is 0 Å². The zero-order chi connectivity index (χ0) is 13.7. The van der Waals surface area contributed by atoms with E-state index in [-0.39, 0.29) is 6.42 Å². The first-order valence-corrected chi connectivity index (χ1v) is 5.97. The topological polar surface area (TPSA) is 65.0 Å². The second-order valence-corrected chi connectivity index (χ2v) is 4.36. The van der Waals surface area contributed by atoms with E-state index in [2.05, 4.69) is 15.9 Å². The highest BCUT2D eigenvalue weighted by molar-refractivity contribution is 9.10. The fourth-order valence-corrected chi connectivity index (χ4v) is 2.22. The molecule has 0 saturated carbocycles. The summed E-state index contributed by atoms with van der Waals surface area (Å²) < 4.78 is 16.3. The molecule has 0 radical (unpaired) electrons. The van der Waals surface area contributed by atoms with Crippen molar-refractivity contribution in [1.82, 2.24) is 0 Å². The molecule has 0 aromatic heterocycles. The minimum absolute atomic E-state index is 0.0996. The number of benzene rings is 1. The van der Waals surface area contributed by atoms with Crippen LogP contribution in [-0.4, -0.2) is 32.4 Å². The molecular formula is C12H15BrO5. The summed E-state index contributed by atoms with van der Waals surface area (Å²) in [5.74, 6) is 0.121. The maximum Gasteiger partial charge on any atom is 0.307 e. The van der Waals surface area contributed by atoms with Crippen LogP contribution in [-0.2, 0) is 22.6 Å². The van der Waals surface area contributed by atoms with Crippen LogP contribution in [0.4, 0.5) is 0 Å². The van der Waals surface area contributed by atoms with Gasteiger partial charge in [0, 0.05) is 17.1 Å². The first-order chi connectivity index (χ1) is 8.54. The zero-order valence-corrected chi connectivity index (χ0v) is 12.0.